The molecule has 7 rings (SSSR count). The molecule has 2 heterocycles. The van der Waals surface area contributed by atoms with Crippen molar-refractivity contribution in [3.63, 3.8) is 0 Å². The second-order valence-electron chi connectivity index (χ2n) is 10.2. The van der Waals surface area contributed by atoms with E-state index >= 15 is 0 Å². The Morgan fingerprint density at radius 3 is 1.59 bits per heavy atom. The first-order valence-corrected chi connectivity index (χ1v) is 14.0. The van der Waals surface area contributed by atoms with Crippen LogP contribution in [-0.2, 0) is 0 Å². The van der Waals surface area contributed by atoms with E-state index in [9.17, 15) is 0 Å². The molecule has 0 amide bonds. The fourth-order valence-corrected chi connectivity index (χ4v) is 5.14. The molecule has 0 N–H and O–H groups in total. The van der Waals surface area contributed by atoms with E-state index in [0.29, 0.717) is 17.0 Å². The van der Waals surface area contributed by atoms with E-state index in [1.165, 1.54) is 0 Å². The lowest BCUT2D eigenvalue weighted by Crippen LogP contribution is -2.10. The number of benzene rings is 5. The van der Waals surface area contributed by atoms with Crippen LogP contribution >= 0.6 is 0 Å². The van der Waals surface area contributed by atoms with Crippen LogP contribution in [0.5, 0.6) is 0 Å². The van der Waals surface area contributed by atoms with E-state index in [0.717, 1.165) is 56.1 Å². The Morgan fingerprint density at radius 1 is 0.523 bits per heavy atom. The first kappa shape index (κ1) is 26.4. The van der Waals surface area contributed by atoms with E-state index in [1.54, 1.807) is 12.1 Å². The van der Waals surface area contributed by atoms with Gasteiger partial charge in [-0.05, 0) is 96.1 Å². The summed E-state index contributed by atoms with van der Waals surface area (Å²) in [5.74, 6) is 0.574. The zero-order valence-electron chi connectivity index (χ0n) is 23.4. The van der Waals surface area contributed by atoms with Crippen molar-refractivity contribution < 1.29 is 4.42 Å². The Bertz CT molecular complexity index is 2020. The predicted molar refractivity (Wildman–Crippen MR) is 172 cm³/mol. The maximum Gasteiger partial charge on any atom is 0.227 e. The minimum absolute atomic E-state index is 0.574. The van der Waals surface area contributed by atoms with Gasteiger partial charge in [0, 0.05) is 22.5 Å². The molecule has 2 aromatic heterocycles. The zero-order valence-corrected chi connectivity index (χ0v) is 23.4. The molecule has 5 aromatic carbocycles. The highest BCUT2D eigenvalue weighted by Gasteiger charge is 2.15. The number of oxazole rings is 1. The molecule has 0 radical (unpaired) electrons. The number of nitriles is 2. The van der Waals surface area contributed by atoms with E-state index in [2.05, 4.69) is 46.3 Å². The van der Waals surface area contributed by atoms with Gasteiger partial charge in [-0.25, -0.2) is 4.98 Å². The SMILES string of the molecule is N#Cc1ccc(-c2ccc(N(c3ccc(-c4nc5ccccc5o4)cc3)c3ccc(-c4ccc(C#N)cc4)nc3)cc2)cc1. The van der Waals surface area contributed by atoms with Crippen molar-refractivity contribution >= 4 is 28.2 Å². The lowest BCUT2D eigenvalue weighted by atomic mass is 10.0. The largest absolute Gasteiger partial charge is 0.436 e. The van der Waals surface area contributed by atoms with Crippen molar-refractivity contribution in [2.75, 3.05) is 4.90 Å². The third kappa shape index (κ3) is 5.16. The van der Waals surface area contributed by atoms with Gasteiger partial charge in [-0.2, -0.15) is 10.5 Å². The molecular formula is C38H23N5O. The Labute approximate surface area is 254 Å². The normalized spacial score (nSPS) is 10.7. The van der Waals surface area contributed by atoms with Crippen LogP contribution in [-0.4, -0.2) is 9.97 Å². The molecule has 0 aliphatic heterocycles. The fourth-order valence-electron chi connectivity index (χ4n) is 5.14. The summed E-state index contributed by atoms with van der Waals surface area (Å²) in [6.45, 7) is 0. The van der Waals surface area contributed by atoms with Crippen LogP contribution in [0.1, 0.15) is 11.1 Å². The maximum atomic E-state index is 9.15. The number of rotatable bonds is 6. The molecule has 206 valence electrons. The summed E-state index contributed by atoms with van der Waals surface area (Å²) >= 11 is 0. The van der Waals surface area contributed by atoms with Gasteiger partial charge in [-0.1, -0.05) is 48.5 Å². The first-order chi connectivity index (χ1) is 21.7. The van der Waals surface area contributed by atoms with Gasteiger partial charge < -0.3 is 9.32 Å². The van der Waals surface area contributed by atoms with Gasteiger partial charge in [0.15, 0.2) is 5.58 Å². The number of hydrogen-bond acceptors (Lipinski definition) is 6. The molecule has 0 saturated carbocycles. The Kier molecular flexibility index (Phi) is 6.85. The summed E-state index contributed by atoms with van der Waals surface area (Å²) in [7, 11) is 0. The van der Waals surface area contributed by atoms with Gasteiger partial charge in [0.1, 0.15) is 5.52 Å². The third-order valence-electron chi connectivity index (χ3n) is 7.46. The molecule has 0 atom stereocenters. The first-order valence-electron chi connectivity index (χ1n) is 14.0. The van der Waals surface area contributed by atoms with E-state index in [-0.39, 0.29) is 0 Å². The number of para-hydroxylation sites is 2. The van der Waals surface area contributed by atoms with Crippen molar-refractivity contribution in [2.45, 2.75) is 0 Å². The maximum absolute atomic E-state index is 9.15. The van der Waals surface area contributed by atoms with Gasteiger partial charge in [0.25, 0.3) is 0 Å². The third-order valence-corrected chi connectivity index (χ3v) is 7.46. The smallest absolute Gasteiger partial charge is 0.227 e. The summed E-state index contributed by atoms with van der Waals surface area (Å²) in [5, 5.41) is 18.3. The zero-order chi connectivity index (χ0) is 29.9. The van der Waals surface area contributed by atoms with Crippen LogP contribution in [0.4, 0.5) is 17.1 Å². The monoisotopic (exact) mass is 565 g/mol. The minimum atomic E-state index is 0.574. The summed E-state index contributed by atoms with van der Waals surface area (Å²) in [6, 6.07) is 47.5. The second kappa shape index (κ2) is 11.4. The number of pyridine rings is 1. The van der Waals surface area contributed by atoms with Gasteiger partial charge in [0.05, 0.1) is 40.8 Å². The number of hydrogen-bond donors (Lipinski definition) is 0. The minimum Gasteiger partial charge on any atom is -0.436 e. The number of anilines is 3. The Morgan fingerprint density at radius 2 is 1.05 bits per heavy atom. The van der Waals surface area contributed by atoms with Crippen molar-refractivity contribution in [2.24, 2.45) is 0 Å². The molecule has 7 aromatic rings. The predicted octanol–water partition coefficient (Wildman–Crippen LogP) is 9.44. The highest BCUT2D eigenvalue weighted by atomic mass is 16.3. The average molecular weight is 566 g/mol. The molecule has 0 saturated heterocycles. The molecule has 0 spiro atoms. The highest BCUT2D eigenvalue weighted by molar-refractivity contribution is 5.81. The second-order valence-corrected chi connectivity index (χ2v) is 10.2. The molecular weight excluding hydrogens is 542 g/mol. The van der Waals surface area contributed by atoms with Crippen LogP contribution in [0, 0.1) is 22.7 Å². The number of fused-ring (bicyclic) bond motifs is 1. The number of aromatic nitrogens is 2. The van der Waals surface area contributed by atoms with Crippen molar-refractivity contribution in [1.82, 2.24) is 9.97 Å². The summed E-state index contributed by atoms with van der Waals surface area (Å²) in [6.07, 6.45) is 1.86. The van der Waals surface area contributed by atoms with E-state index < -0.39 is 0 Å². The Hall–Kier alpha value is -6.50. The molecule has 0 aliphatic rings. The van der Waals surface area contributed by atoms with Crippen LogP contribution in [0.3, 0.4) is 0 Å². The molecule has 0 fully saturated rings. The van der Waals surface area contributed by atoms with Crippen LogP contribution in [0.15, 0.2) is 144 Å². The molecule has 6 heteroatoms. The van der Waals surface area contributed by atoms with Crippen LogP contribution in [0.2, 0.25) is 0 Å². The summed E-state index contributed by atoms with van der Waals surface area (Å²) < 4.78 is 5.99. The quantitative estimate of drug-likeness (QED) is 0.199. The van der Waals surface area contributed by atoms with Gasteiger partial charge in [-0.3, -0.25) is 4.98 Å². The molecule has 6 nitrogen and oxygen atoms in total. The molecule has 44 heavy (non-hydrogen) atoms. The van der Waals surface area contributed by atoms with Crippen molar-refractivity contribution in [3.05, 3.63) is 151 Å². The lowest BCUT2D eigenvalue weighted by Gasteiger charge is -2.25. The van der Waals surface area contributed by atoms with Crippen molar-refractivity contribution in [3.8, 4) is 46.0 Å². The average Bonchev–Trinajstić information content (AvgIpc) is 3.54. The topological polar surface area (TPSA) is 89.7 Å². The Balaban J connectivity index is 1.25. The molecule has 0 unspecified atom stereocenters. The van der Waals surface area contributed by atoms with Crippen molar-refractivity contribution in [1.29, 1.82) is 10.5 Å². The van der Waals surface area contributed by atoms with Gasteiger partial charge in [-0.15, -0.1) is 0 Å². The lowest BCUT2D eigenvalue weighted by molar-refractivity contribution is 0.620. The van der Waals surface area contributed by atoms with E-state index in [1.807, 2.05) is 103 Å². The highest BCUT2D eigenvalue weighted by Crippen LogP contribution is 2.37. The number of nitrogens with zero attached hydrogens (tertiary/aromatic N) is 5. The summed E-state index contributed by atoms with van der Waals surface area (Å²) in [5.41, 5.74) is 10.4. The fraction of sp³-hybridized carbons (Fsp3) is 0. The molecule has 0 aliphatic carbocycles. The standard InChI is InChI=1S/C38H23N5O/c39-23-26-5-9-28(10-6-26)29-13-17-32(18-14-29)43(34-21-22-35(41-25-34)30-11-7-27(24-40)8-12-30)33-19-15-31(16-20-33)38-42-36-3-1-2-4-37(36)44-38/h1-22,25H. The van der Waals surface area contributed by atoms with Crippen LogP contribution in [0.25, 0.3) is 44.9 Å². The van der Waals surface area contributed by atoms with Gasteiger partial charge in [0.2, 0.25) is 5.89 Å². The van der Waals surface area contributed by atoms with Gasteiger partial charge >= 0.3 is 0 Å². The van der Waals surface area contributed by atoms with Crippen LogP contribution < -0.4 is 4.90 Å². The van der Waals surface area contributed by atoms with E-state index in [4.69, 9.17) is 19.9 Å². The molecule has 0 bridgehead atoms. The summed E-state index contributed by atoms with van der Waals surface area (Å²) in [4.78, 5) is 11.6.